The maximum Gasteiger partial charge on any atom is 0.0683 e. The summed E-state index contributed by atoms with van der Waals surface area (Å²) in [4.78, 5) is 2.43. The van der Waals surface area contributed by atoms with Gasteiger partial charge in [-0.3, -0.25) is 0 Å². The van der Waals surface area contributed by atoms with Gasteiger partial charge >= 0.3 is 0 Å². The third-order valence-electron chi connectivity index (χ3n) is 3.25. The van der Waals surface area contributed by atoms with Crippen molar-refractivity contribution in [1.82, 2.24) is 10.2 Å². The van der Waals surface area contributed by atoms with Crippen LogP contribution in [0.15, 0.2) is 0 Å². The fourth-order valence-electron chi connectivity index (χ4n) is 1.75. The Morgan fingerprint density at radius 2 is 2.07 bits per heavy atom. The maximum atomic E-state index is 8.87. The number of nitrogens with one attached hydrogen (secondary N) is 1. The molecule has 0 bridgehead atoms. The molecule has 0 aromatic heterocycles. The molecule has 0 aliphatic carbocycles. The molecule has 1 saturated heterocycles. The zero-order valence-corrected chi connectivity index (χ0v) is 10.2. The van der Waals surface area contributed by atoms with Crippen LogP contribution in [-0.4, -0.2) is 37.6 Å². The molecule has 1 heterocycles. The average Bonchev–Trinajstić information content (AvgIpc) is 2.10. The van der Waals surface area contributed by atoms with Crippen LogP contribution in [0, 0.1) is 16.7 Å². The molecule has 3 heteroatoms. The Bertz CT molecular complexity index is 226. The molecule has 1 rings (SSSR count). The van der Waals surface area contributed by atoms with Crippen molar-refractivity contribution >= 4 is 0 Å². The monoisotopic (exact) mass is 209 g/mol. The van der Waals surface area contributed by atoms with E-state index in [0.29, 0.717) is 0 Å². The lowest BCUT2D eigenvalue weighted by molar-refractivity contribution is 0.176. The van der Waals surface area contributed by atoms with Crippen molar-refractivity contribution in [1.29, 1.82) is 5.26 Å². The van der Waals surface area contributed by atoms with Gasteiger partial charge in [-0.15, -0.1) is 0 Å². The molecule has 86 valence electrons. The van der Waals surface area contributed by atoms with Crippen molar-refractivity contribution in [2.45, 2.75) is 39.2 Å². The number of hydrogen-bond acceptors (Lipinski definition) is 3. The predicted octanol–water partition coefficient (Wildman–Crippen LogP) is 1.61. The lowest BCUT2D eigenvalue weighted by Gasteiger charge is -2.35. The molecule has 1 N–H and O–H groups in total. The molecule has 0 radical (unpaired) electrons. The second-order valence-corrected chi connectivity index (χ2v) is 5.25. The Labute approximate surface area is 93.5 Å². The fourth-order valence-corrected chi connectivity index (χ4v) is 1.75. The SMILES string of the molecule is CN(CCCCC(C)(C)C#N)C1CNC1. The van der Waals surface area contributed by atoms with Crippen molar-refractivity contribution in [2.75, 3.05) is 26.7 Å². The molecule has 15 heavy (non-hydrogen) atoms. The summed E-state index contributed by atoms with van der Waals surface area (Å²) < 4.78 is 0. The molecule has 0 atom stereocenters. The van der Waals surface area contributed by atoms with Crippen LogP contribution in [0.2, 0.25) is 0 Å². The topological polar surface area (TPSA) is 39.1 Å². The zero-order valence-electron chi connectivity index (χ0n) is 10.2. The minimum Gasteiger partial charge on any atom is -0.314 e. The molecule has 0 amide bonds. The highest BCUT2D eigenvalue weighted by Crippen LogP contribution is 2.21. The molecule has 0 saturated carbocycles. The van der Waals surface area contributed by atoms with Gasteiger partial charge in [-0.2, -0.15) is 5.26 Å². The van der Waals surface area contributed by atoms with Gasteiger partial charge in [0.25, 0.3) is 0 Å². The number of likely N-dealkylation sites (N-methyl/N-ethyl adjacent to an activating group) is 1. The van der Waals surface area contributed by atoms with Crippen LogP contribution in [0.25, 0.3) is 0 Å². The van der Waals surface area contributed by atoms with Crippen molar-refractivity contribution in [2.24, 2.45) is 5.41 Å². The normalized spacial score (nSPS) is 17.5. The van der Waals surface area contributed by atoms with E-state index in [1.807, 2.05) is 13.8 Å². The lowest BCUT2D eigenvalue weighted by Crippen LogP contribution is -2.56. The second-order valence-electron chi connectivity index (χ2n) is 5.25. The number of hydrogen-bond donors (Lipinski definition) is 1. The molecule has 1 aliphatic rings. The Hall–Kier alpha value is -0.590. The summed E-state index contributed by atoms with van der Waals surface area (Å²) in [6.45, 7) is 7.48. The maximum absolute atomic E-state index is 8.87. The van der Waals surface area contributed by atoms with E-state index in [1.165, 1.54) is 6.42 Å². The summed E-state index contributed by atoms with van der Waals surface area (Å²) >= 11 is 0. The summed E-state index contributed by atoms with van der Waals surface area (Å²) in [7, 11) is 2.20. The summed E-state index contributed by atoms with van der Waals surface area (Å²) in [5.41, 5.74) is -0.142. The first-order chi connectivity index (χ1) is 7.05. The van der Waals surface area contributed by atoms with E-state index < -0.39 is 0 Å². The van der Waals surface area contributed by atoms with Gasteiger partial charge in [-0.05, 0) is 40.3 Å². The van der Waals surface area contributed by atoms with E-state index in [0.717, 1.165) is 38.5 Å². The van der Waals surface area contributed by atoms with Crippen LogP contribution < -0.4 is 5.32 Å². The number of rotatable bonds is 6. The van der Waals surface area contributed by atoms with Crippen LogP contribution >= 0.6 is 0 Å². The van der Waals surface area contributed by atoms with Gasteiger partial charge in [0, 0.05) is 19.1 Å². The molecule has 0 aromatic rings. The van der Waals surface area contributed by atoms with Crippen molar-refractivity contribution in [3.8, 4) is 6.07 Å². The van der Waals surface area contributed by atoms with Gasteiger partial charge in [-0.1, -0.05) is 6.42 Å². The number of unbranched alkanes of at least 4 members (excludes halogenated alkanes) is 1. The fraction of sp³-hybridized carbons (Fsp3) is 0.917. The standard InChI is InChI=1S/C12H23N3/c1-12(2,10-13)6-4-5-7-15(3)11-8-14-9-11/h11,14H,4-9H2,1-3H3. The minimum atomic E-state index is -0.142. The van der Waals surface area contributed by atoms with Gasteiger partial charge < -0.3 is 10.2 Å². The van der Waals surface area contributed by atoms with Crippen LogP contribution in [0.5, 0.6) is 0 Å². The molecular weight excluding hydrogens is 186 g/mol. The molecule has 0 aromatic carbocycles. The third kappa shape index (κ3) is 4.19. The van der Waals surface area contributed by atoms with Gasteiger partial charge in [0.15, 0.2) is 0 Å². The zero-order chi connectivity index (χ0) is 11.3. The van der Waals surface area contributed by atoms with Gasteiger partial charge in [0.05, 0.1) is 11.5 Å². The van der Waals surface area contributed by atoms with Crippen LogP contribution in [0.3, 0.4) is 0 Å². The third-order valence-corrected chi connectivity index (χ3v) is 3.25. The van der Waals surface area contributed by atoms with E-state index in [2.05, 4.69) is 23.3 Å². The van der Waals surface area contributed by atoms with E-state index in [4.69, 9.17) is 5.26 Å². The predicted molar refractivity (Wildman–Crippen MR) is 62.5 cm³/mol. The summed E-state index contributed by atoms with van der Waals surface area (Å²) in [6.07, 6.45) is 3.38. The first-order valence-corrected chi connectivity index (χ1v) is 5.87. The summed E-state index contributed by atoms with van der Waals surface area (Å²) in [5.74, 6) is 0. The Balaban J connectivity index is 2.04. The van der Waals surface area contributed by atoms with E-state index in [9.17, 15) is 0 Å². The smallest absolute Gasteiger partial charge is 0.0683 e. The first-order valence-electron chi connectivity index (χ1n) is 5.87. The van der Waals surface area contributed by atoms with Crippen LogP contribution in [0.1, 0.15) is 33.1 Å². The average molecular weight is 209 g/mol. The molecule has 1 fully saturated rings. The highest BCUT2D eigenvalue weighted by atomic mass is 15.2. The van der Waals surface area contributed by atoms with E-state index in [1.54, 1.807) is 0 Å². The van der Waals surface area contributed by atoms with Gasteiger partial charge in [0.2, 0.25) is 0 Å². The summed E-state index contributed by atoms with van der Waals surface area (Å²) in [6, 6.07) is 3.10. The van der Waals surface area contributed by atoms with Crippen LogP contribution in [0.4, 0.5) is 0 Å². The van der Waals surface area contributed by atoms with Crippen molar-refractivity contribution in [3.05, 3.63) is 0 Å². The lowest BCUT2D eigenvalue weighted by atomic mass is 9.89. The minimum absolute atomic E-state index is 0.142. The quantitative estimate of drug-likeness (QED) is 0.676. The van der Waals surface area contributed by atoms with Crippen LogP contribution in [-0.2, 0) is 0 Å². The van der Waals surface area contributed by atoms with E-state index in [-0.39, 0.29) is 5.41 Å². The number of nitrogens with zero attached hydrogens (tertiary/aromatic N) is 2. The Morgan fingerprint density at radius 1 is 1.40 bits per heavy atom. The summed E-state index contributed by atoms with van der Waals surface area (Å²) in [5, 5.41) is 12.2. The van der Waals surface area contributed by atoms with Crippen molar-refractivity contribution < 1.29 is 0 Å². The molecule has 1 aliphatic heterocycles. The highest BCUT2D eigenvalue weighted by Gasteiger charge is 2.21. The molecule has 0 spiro atoms. The van der Waals surface area contributed by atoms with Crippen molar-refractivity contribution in [3.63, 3.8) is 0 Å². The van der Waals surface area contributed by atoms with E-state index >= 15 is 0 Å². The highest BCUT2D eigenvalue weighted by molar-refractivity contribution is 4.91. The number of nitriles is 1. The molecule has 0 unspecified atom stereocenters. The largest absolute Gasteiger partial charge is 0.314 e. The molecular formula is C12H23N3. The Kier molecular flexibility index (Phi) is 4.56. The van der Waals surface area contributed by atoms with Gasteiger partial charge in [0.1, 0.15) is 0 Å². The Morgan fingerprint density at radius 3 is 2.53 bits per heavy atom. The molecule has 3 nitrogen and oxygen atoms in total. The van der Waals surface area contributed by atoms with Gasteiger partial charge in [-0.25, -0.2) is 0 Å². The first kappa shape index (κ1) is 12.5. The second kappa shape index (κ2) is 5.48.